The van der Waals surface area contributed by atoms with Gasteiger partial charge in [-0.2, -0.15) is 0 Å². The zero-order valence-electron chi connectivity index (χ0n) is 15.4. The van der Waals surface area contributed by atoms with Crippen LogP contribution in [0.4, 0.5) is 0 Å². The Morgan fingerprint density at radius 2 is 1.75 bits per heavy atom. The van der Waals surface area contributed by atoms with Crippen molar-refractivity contribution in [3.63, 3.8) is 0 Å². The predicted molar refractivity (Wildman–Crippen MR) is 92.3 cm³/mol. The third kappa shape index (κ3) is 2.12. The second-order valence-corrected chi connectivity index (χ2v) is 9.82. The minimum atomic E-state index is -0.334. The van der Waals surface area contributed by atoms with Crippen molar-refractivity contribution in [2.75, 3.05) is 0 Å². The van der Waals surface area contributed by atoms with Gasteiger partial charge < -0.3 is 5.11 Å². The third-order valence-corrected chi connectivity index (χ3v) is 8.99. The summed E-state index contributed by atoms with van der Waals surface area (Å²) in [6.07, 6.45) is 7.25. The lowest BCUT2D eigenvalue weighted by Crippen LogP contribution is -2.58. The van der Waals surface area contributed by atoms with Crippen LogP contribution in [0.2, 0.25) is 0 Å². The largest absolute Gasteiger partial charge is 0.393 e. The van der Waals surface area contributed by atoms with Crippen molar-refractivity contribution < 1.29 is 14.7 Å². The van der Waals surface area contributed by atoms with Gasteiger partial charge in [0.05, 0.1) is 6.10 Å². The molecule has 4 rings (SSSR count). The molecule has 3 heteroatoms. The smallest absolute Gasteiger partial charge is 0.133 e. The molecule has 0 amide bonds. The number of rotatable bonds is 1. The molecule has 24 heavy (non-hydrogen) atoms. The first-order chi connectivity index (χ1) is 11.3. The number of carbonyl (C=O) groups excluding carboxylic acids is 2. The van der Waals surface area contributed by atoms with E-state index in [9.17, 15) is 14.7 Å². The van der Waals surface area contributed by atoms with Gasteiger partial charge in [0.25, 0.3) is 0 Å². The van der Waals surface area contributed by atoms with E-state index in [4.69, 9.17) is 0 Å². The van der Waals surface area contributed by atoms with Crippen molar-refractivity contribution in [2.45, 2.75) is 78.2 Å². The van der Waals surface area contributed by atoms with Crippen LogP contribution in [0.3, 0.4) is 0 Å². The maximum atomic E-state index is 12.2. The summed E-state index contributed by atoms with van der Waals surface area (Å²) in [7, 11) is 0. The molecular formula is C21H32O3. The first-order valence-corrected chi connectivity index (χ1v) is 9.97. The number of ketones is 2. The van der Waals surface area contributed by atoms with Crippen LogP contribution >= 0.6 is 0 Å². The molecule has 0 aromatic rings. The minimum Gasteiger partial charge on any atom is -0.393 e. The van der Waals surface area contributed by atoms with Gasteiger partial charge >= 0.3 is 0 Å². The lowest BCUT2D eigenvalue weighted by atomic mass is 9.44. The summed E-state index contributed by atoms with van der Waals surface area (Å²) >= 11 is 0. The van der Waals surface area contributed by atoms with Crippen LogP contribution < -0.4 is 0 Å². The van der Waals surface area contributed by atoms with Crippen molar-refractivity contribution in [3.05, 3.63) is 0 Å². The van der Waals surface area contributed by atoms with E-state index in [0.717, 1.165) is 32.1 Å². The SMILES string of the molecule is CC(=O)C1CCC2C3CC(O)C4CC(=O)CCC4(C)C3CCC12C. The van der Waals surface area contributed by atoms with E-state index in [1.807, 2.05) is 0 Å². The fourth-order valence-corrected chi connectivity index (χ4v) is 7.76. The highest BCUT2D eigenvalue weighted by atomic mass is 16.3. The Balaban J connectivity index is 1.67. The molecule has 0 spiro atoms. The predicted octanol–water partition coefficient (Wildman–Crippen LogP) is 3.77. The second kappa shape index (κ2) is 5.40. The Hall–Kier alpha value is -0.700. The van der Waals surface area contributed by atoms with E-state index in [2.05, 4.69) is 13.8 Å². The quantitative estimate of drug-likeness (QED) is 0.795. The lowest BCUT2D eigenvalue weighted by Gasteiger charge is -2.61. The van der Waals surface area contributed by atoms with Crippen molar-refractivity contribution in [1.29, 1.82) is 0 Å². The number of aliphatic hydroxyl groups excluding tert-OH is 1. The summed E-state index contributed by atoms with van der Waals surface area (Å²) in [4.78, 5) is 24.1. The Morgan fingerprint density at radius 1 is 1.04 bits per heavy atom. The summed E-state index contributed by atoms with van der Waals surface area (Å²) in [5, 5.41) is 10.9. The van der Waals surface area contributed by atoms with Gasteiger partial charge in [0.15, 0.2) is 0 Å². The summed E-state index contributed by atoms with van der Waals surface area (Å²) in [5.41, 5.74) is 0.256. The van der Waals surface area contributed by atoms with Crippen LogP contribution in [0.5, 0.6) is 0 Å². The molecule has 0 aromatic heterocycles. The lowest BCUT2D eigenvalue weighted by molar-refractivity contribution is -0.166. The van der Waals surface area contributed by atoms with Crippen LogP contribution in [-0.4, -0.2) is 22.8 Å². The number of carbonyl (C=O) groups is 2. The maximum absolute atomic E-state index is 12.2. The van der Waals surface area contributed by atoms with Crippen molar-refractivity contribution in [2.24, 2.45) is 40.4 Å². The fraction of sp³-hybridized carbons (Fsp3) is 0.905. The Labute approximate surface area is 145 Å². The van der Waals surface area contributed by atoms with Crippen LogP contribution in [-0.2, 0) is 9.59 Å². The first-order valence-electron chi connectivity index (χ1n) is 9.97. The molecule has 8 unspecified atom stereocenters. The second-order valence-electron chi connectivity index (χ2n) is 9.82. The summed E-state index contributed by atoms with van der Waals surface area (Å²) in [5.74, 6) is 2.83. The molecule has 0 aromatic carbocycles. The van der Waals surface area contributed by atoms with Crippen molar-refractivity contribution >= 4 is 11.6 Å². The highest BCUT2D eigenvalue weighted by Crippen LogP contribution is 2.67. The number of aliphatic hydroxyl groups is 1. The van der Waals surface area contributed by atoms with Crippen molar-refractivity contribution in [3.8, 4) is 0 Å². The van der Waals surface area contributed by atoms with E-state index in [1.54, 1.807) is 6.92 Å². The molecule has 3 nitrogen and oxygen atoms in total. The van der Waals surface area contributed by atoms with Crippen LogP contribution in [0.25, 0.3) is 0 Å². The van der Waals surface area contributed by atoms with Crippen molar-refractivity contribution in [1.82, 2.24) is 0 Å². The zero-order valence-corrected chi connectivity index (χ0v) is 15.4. The number of fused-ring (bicyclic) bond motifs is 5. The van der Waals surface area contributed by atoms with Gasteiger partial charge in [-0.25, -0.2) is 0 Å². The average molecular weight is 332 g/mol. The molecule has 0 bridgehead atoms. The minimum absolute atomic E-state index is 0.117. The maximum Gasteiger partial charge on any atom is 0.133 e. The van der Waals surface area contributed by atoms with Gasteiger partial charge in [-0.1, -0.05) is 13.8 Å². The number of Topliss-reactive ketones (excluding diaryl/α,β-unsaturated/α-hetero) is 2. The normalized spacial score (nSPS) is 53.9. The Morgan fingerprint density at radius 3 is 2.46 bits per heavy atom. The average Bonchev–Trinajstić information content (AvgIpc) is 2.87. The molecule has 4 aliphatic rings. The molecule has 0 saturated heterocycles. The van der Waals surface area contributed by atoms with Gasteiger partial charge in [0, 0.05) is 18.8 Å². The Kier molecular flexibility index (Phi) is 3.77. The third-order valence-electron chi connectivity index (χ3n) is 8.99. The summed E-state index contributed by atoms with van der Waals surface area (Å²) in [6, 6.07) is 0. The molecule has 0 aliphatic heterocycles. The van der Waals surface area contributed by atoms with E-state index in [1.165, 1.54) is 6.42 Å². The van der Waals surface area contributed by atoms with Gasteiger partial charge in [0.2, 0.25) is 0 Å². The molecule has 0 radical (unpaired) electrons. The van der Waals surface area contributed by atoms with Gasteiger partial charge in [0.1, 0.15) is 11.6 Å². The zero-order chi connectivity index (χ0) is 17.3. The molecular weight excluding hydrogens is 300 g/mol. The highest BCUT2D eigenvalue weighted by Gasteiger charge is 2.62. The molecule has 4 saturated carbocycles. The Bertz CT molecular complexity index is 569. The molecule has 8 atom stereocenters. The van der Waals surface area contributed by atoms with E-state index in [0.29, 0.717) is 42.2 Å². The molecule has 134 valence electrons. The molecule has 4 fully saturated rings. The topological polar surface area (TPSA) is 54.4 Å². The summed E-state index contributed by atoms with van der Waals surface area (Å²) in [6.45, 7) is 6.46. The summed E-state index contributed by atoms with van der Waals surface area (Å²) < 4.78 is 0. The van der Waals surface area contributed by atoms with E-state index >= 15 is 0 Å². The molecule has 0 heterocycles. The van der Waals surface area contributed by atoms with Gasteiger partial charge in [-0.15, -0.1) is 0 Å². The van der Waals surface area contributed by atoms with Crippen LogP contribution in [0, 0.1) is 40.4 Å². The molecule has 1 N–H and O–H groups in total. The van der Waals surface area contributed by atoms with Gasteiger partial charge in [-0.05, 0) is 80.0 Å². The van der Waals surface area contributed by atoms with Crippen LogP contribution in [0.1, 0.15) is 72.1 Å². The molecule has 4 aliphatic carbocycles. The van der Waals surface area contributed by atoms with E-state index in [-0.39, 0.29) is 28.8 Å². The number of hydrogen-bond acceptors (Lipinski definition) is 3. The monoisotopic (exact) mass is 332 g/mol. The van der Waals surface area contributed by atoms with Gasteiger partial charge in [-0.3, -0.25) is 9.59 Å². The fourth-order valence-electron chi connectivity index (χ4n) is 7.76. The standard InChI is InChI=1S/C21H32O3/c1-12(22)15-4-5-16-14-11-19(24)18-10-13(23)6-8-21(18,3)17(14)7-9-20(15,16)2/h14-19,24H,4-11H2,1-3H3. The number of hydrogen-bond donors (Lipinski definition) is 1. The first kappa shape index (κ1) is 16.8. The highest BCUT2D eigenvalue weighted by molar-refractivity contribution is 5.80. The van der Waals surface area contributed by atoms with Crippen LogP contribution in [0.15, 0.2) is 0 Å². The van der Waals surface area contributed by atoms with E-state index < -0.39 is 0 Å².